The van der Waals surface area contributed by atoms with Crippen LogP contribution >= 0.6 is 23.2 Å². The van der Waals surface area contributed by atoms with E-state index in [1.807, 2.05) is 37.3 Å². The van der Waals surface area contributed by atoms with Gasteiger partial charge in [0.15, 0.2) is 6.61 Å². The van der Waals surface area contributed by atoms with E-state index < -0.39 is 5.60 Å². The summed E-state index contributed by atoms with van der Waals surface area (Å²) in [4.78, 5) is 12.1. The molecule has 0 aliphatic heterocycles. The van der Waals surface area contributed by atoms with Gasteiger partial charge in [-0.3, -0.25) is 4.79 Å². The molecule has 134 valence electrons. The van der Waals surface area contributed by atoms with Gasteiger partial charge < -0.3 is 14.8 Å². The minimum Gasteiger partial charge on any atom is -0.482 e. The highest BCUT2D eigenvalue weighted by molar-refractivity contribution is 6.35. The highest BCUT2D eigenvalue weighted by Crippen LogP contribution is 2.29. The van der Waals surface area contributed by atoms with E-state index >= 15 is 0 Å². The van der Waals surface area contributed by atoms with Crippen LogP contribution < -0.4 is 10.1 Å². The number of ether oxygens (including phenoxy) is 2. The Bertz CT molecular complexity index is 703. The molecular formula is C19H21Cl2NO3. The Morgan fingerprint density at radius 3 is 2.48 bits per heavy atom. The lowest BCUT2D eigenvalue weighted by atomic mass is 9.90. The van der Waals surface area contributed by atoms with Crippen molar-refractivity contribution >= 4 is 29.1 Å². The zero-order valence-electron chi connectivity index (χ0n) is 14.2. The molecule has 0 aliphatic carbocycles. The van der Waals surface area contributed by atoms with Crippen LogP contribution in [0, 0.1) is 0 Å². The summed E-state index contributed by atoms with van der Waals surface area (Å²) >= 11 is 11.9. The Kier molecular flexibility index (Phi) is 7.12. The van der Waals surface area contributed by atoms with Crippen molar-refractivity contribution in [1.29, 1.82) is 0 Å². The van der Waals surface area contributed by atoms with Crippen molar-refractivity contribution in [3.05, 3.63) is 64.1 Å². The summed E-state index contributed by atoms with van der Waals surface area (Å²) in [6.07, 6.45) is 0.720. The standard InChI is InChI=1S/C19H21Cl2NO3/c1-3-19(24-2,14-7-5-4-6-8-14)13-22-18(23)12-25-17-10-9-15(20)11-16(17)21/h4-11H,3,12-13H2,1-2H3,(H,22,23). The largest absolute Gasteiger partial charge is 0.482 e. The summed E-state index contributed by atoms with van der Waals surface area (Å²) in [6, 6.07) is 14.7. The molecule has 6 heteroatoms. The summed E-state index contributed by atoms with van der Waals surface area (Å²) in [5.74, 6) is 0.162. The van der Waals surface area contributed by atoms with Crippen molar-refractivity contribution in [2.75, 3.05) is 20.3 Å². The number of rotatable bonds is 8. The van der Waals surface area contributed by atoms with Crippen LogP contribution in [0.2, 0.25) is 10.0 Å². The van der Waals surface area contributed by atoms with Crippen LogP contribution in [0.3, 0.4) is 0 Å². The molecule has 2 rings (SSSR count). The number of methoxy groups -OCH3 is 1. The predicted octanol–water partition coefficient (Wildman–Crippen LogP) is 4.44. The highest BCUT2D eigenvalue weighted by atomic mass is 35.5. The van der Waals surface area contributed by atoms with Gasteiger partial charge in [0, 0.05) is 12.1 Å². The fraction of sp³-hybridized carbons (Fsp3) is 0.316. The van der Waals surface area contributed by atoms with Crippen molar-refractivity contribution < 1.29 is 14.3 Å². The summed E-state index contributed by atoms with van der Waals surface area (Å²) in [7, 11) is 1.65. The van der Waals surface area contributed by atoms with Crippen LogP contribution in [0.4, 0.5) is 0 Å². The van der Waals surface area contributed by atoms with Gasteiger partial charge in [-0.05, 0) is 30.2 Å². The van der Waals surface area contributed by atoms with Gasteiger partial charge in [0.1, 0.15) is 11.4 Å². The van der Waals surface area contributed by atoms with E-state index in [-0.39, 0.29) is 12.5 Å². The lowest BCUT2D eigenvalue weighted by Gasteiger charge is -2.32. The maximum atomic E-state index is 12.1. The molecule has 2 aromatic carbocycles. The van der Waals surface area contributed by atoms with Crippen molar-refractivity contribution in [2.45, 2.75) is 18.9 Å². The molecule has 0 heterocycles. The summed E-state index contributed by atoms with van der Waals surface area (Å²) < 4.78 is 11.2. The Hall–Kier alpha value is -1.75. The minimum absolute atomic E-state index is 0.139. The van der Waals surface area contributed by atoms with E-state index in [2.05, 4.69) is 5.32 Å². The molecule has 4 nitrogen and oxygen atoms in total. The highest BCUT2D eigenvalue weighted by Gasteiger charge is 2.30. The molecule has 1 atom stereocenters. The van der Waals surface area contributed by atoms with Crippen LogP contribution in [-0.4, -0.2) is 26.2 Å². The van der Waals surface area contributed by atoms with Crippen molar-refractivity contribution in [3.63, 3.8) is 0 Å². The molecule has 1 amide bonds. The third kappa shape index (κ3) is 5.11. The molecule has 25 heavy (non-hydrogen) atoms. The van der Waals surface area contributed by atoms with Gasteiger partial charge in [-0.25, -0.2) is 0 Å². The number of hydrogen-bond donors (Lipinski definition) is 1. The predicted molar refractivity (Wildman–Crippen MR) is 100 cm³/mol. The Labute approximate surface area is 158 Å². The van der Waals surface area contributed by atoms with E-state index in [0.29, 0.717) is 22.3 Å². The molecule has 0 radical (unpaired) electrons. The molecule has 1 unspecified atom stereocenters. The van der Waals surface area contributed by atoms with Gasteiger partial charge in [0.2, 0.25) is 0 Å². The number of carbonyl (C=O) groups excluding carboxylic acids is 1. The smallest absolute Gasteiger partial charge is 0.258 e. The third-order valence-electron chi connectivity index (χ3n) is 4.09. The fourth-order valence-corrected chi connectivity index (χ4v) is 3.00. The molecule has 0 aliphatic rings. The van der Waals surface area contributed by atoms with Crippen molar-refractivity contribution in [3.8, 4) is 5.75 Å². The molecule has 2 aromatic rings. The fourth-order valence-electron chi connectivity index (χ4n) is 2.54. The molecule has 0 fully saturated rings. The van der Waals surface area contributed by atoms with Crippen LogP contribution in [0.25, 0.3) is 0 Å². The third-order valence-corrected chi connectivity index (χ3v) is 4.62. The summed E-state index contributed by atoms with van der Waals surface area (Å²) in [5.41, 5.74) is 0.441. The van der Waals surface area contributed by atoms with Crippen LogP contribution in [0.1, 0.15) is 18.9 Å². The van der Waals surface area contributed by atoms with E-state index in [0.717, 1.165) is 12.0 Å². The lowest BCUT2D eigenvalue weighted by molar-refractivity contribution is -0.125. The van der Waals surface area contributed by atoms with Gasteiger partial charge in [0.05, 0.1) is 11.6 Å². The van der Waals surface area contributed by atoms with Gasteiger partial charge >= 0.3 is 0 Å². The SMILES string of the molecule is CCC(CNC(=O)COc1ccc(Cl)cc1Cl)(OC)c1ccccc1. The Balaban J connectivity index is 1.95. The van der Waals surface area contributed by atoms with E-state index in [1.165, 1.54) is 0 Å². The molecule has 0 bridgehead atoms. The first-order valence-corrected chi connectivity index (χ1v) is 8.71. The second-order valence-electron chi connectivity index (χ2n) is 5.56. The molecular weight excluding hydrogens is 361 g/mol. The number of benzene rings is 2. The summed E-state index contributed by atoms with van der Waals surface area (Å²) in [6.45, 7) is 2.23. The number of amides is 1. The second-order valence-corrected chi connectivity index (χ2v) is 6.40. The first-order valence-electron chi connectivity index (χ1n) is 7.96. The Morgan fingerprint density at radius 1 is 1.16 bits per heavy atom. The van der Waals surface area contributed by atoms with Gasteiger partial charge in [-0.2, -0.15) is 0 Å². The maximum Gasteiger partial charge on any atom is 0.258 e. The molecule has 0 aromatic heterocycles. The number of carbonyl (C=O) groups is 1. The second kappa shape index (κ2) is 9.09. The van der Waals surface area contributed by atoms with Gasteiger partial charge in [0.25, 0.3) is 5.91 Å². The molecule has 0 spiro atoms. The average Bonchev–Trinajstić information content (AvgIpc) is 2.63. The van der Waals surface area contributed by atoms with E-state index in [4.69, 9.17) is 32.7 Å². The van der Waals surface area contributed by atoms with E-state index in [9.17, 15) is 4.79 Å². The molecule has 0 saturated heterocycles. The molecule has 1 N–H and O–H groups in total. The average molecular weight is 382 g/mol. The number of hydrogen-bond acceptors (Lipinski definition) is 3. The summed E-state index contributed by atoms with van der Waals surface area (Å²) in [5, 5.41) is 3.74. The number of nitrogens with one attached hydrogen (secondary N) is 1. The van der Waals surface area contributed by atoms with Crippen molar-refractivity contribution in [2.24, 2.45) is 0 Å². The van der Waals surface area contributed by atoms with Crippen LogP contribution in [0.15, 0.2) is 48.5 Å². The minimum atomic E-state index is -0.575. The molecule has 0 saturated carbocycles. The maximum absolute atomic E-state index is 12.1. The lowest BCUT2D eigenvalue weighted by Crippen LogP contribution is -2.43. The first kappa shape index (κ1) is 19.6. The Morgan fingerprint density at radius 2 is 1.88 bits per heavy atom. The van der Waals surface area contributed by atoms with Gasteiger partial charge in [-0.1, -0.05) is 60.5 Å². The quantitative estimate of drug-likeness (QED) is 0.734. The normalized spacial score (nSPS) is 13.1. The topological polar surface area (TPSA) is 47.6 Å². The monoisotopic (exact) mass is 381 g/mol. The van der Waals surface area contributed by atoms with E-state index in [1.54, 1.807) is 25.3 Å². The number of halogens is 2. The van der Waals surface area contributed by atoms with Gasteiger partial charge in [-0.15, -0.1) is 0 Å². The zero-order chi connectivity index (χ0) is 18.3. The van der Waals surface area contributed by atoms with Crippen LogP contribution in [0.5, 0.6) is 5.75 Å². The zero-order valence-corrected chi connectivity index (χ0v) is 15.7. The van der Waals surface area contributed by atoms with Crippen LogP contribution in [-0.2, 0) is 15.1 Å². The van der Waals surface area contributed by atoms with Crippen molar-refractivity contribution in [1.82, 2.24) is 5.32 Å². The first-order chi connectivity index (χ1) is 12.0.